The van der Waals surface area contributed by atoms with Gasteiger partial charge in [-0.25, -0.2) is 9.78 Å². The summed E-state index contributed by atoms with van der Waals surface area (Å²) in [5.74, 6) is -0.738. The Labute approximate surface area is 196 Å². The van der Waals surface area contributed by atoms with E-state index in [2.05, 4.69) is 5.32 Å². The van der Waals surface area contributed by atoms with Crippen molar-refractivity contribution in [2.75, 3.05) is 5.32 Å². The van der Waals surface area contributed by atoms with Crippen LogP contribution >= 0.6 is 0 Å². The smallest absolute Gasteiger partial charge is 0.344 e. The number of aromatic nitrogens is 1. The van der Waals surface area contributed by atoms with Crippen LogP contribution in [0.1, 0.15) is 20.7 Å². The molecule has 0 saturated heterocycles. The third-order valence-electron chi connectivity index (χ3n) is 5.37. The highest BCUT2D eigenvalue weighted by atomic mass is 16.5. The summed E-state index contributed by atoms with van der Waals surface area (Å²) in [4.78, 5) is 31.0. The standard InChI is InChI=1S/C29H20N2O3/c32-28(30-21-13-5-2-6-14-21)23-16-8-10-18-27(23)34-29(33)24-19-26(20-11-3-1-4-12-20)31-25-17-9-7-15-22(24)25/h1-19H,(H,30,32). The molecule has 34 heavy (non-hydrogen) atoms. The number of hydrogen-bond acceptors (Lipinski definition) is 4. The van der Waals surface area contributed by atoms with E-state index in [1.807, 2.05) is 72.8 Å². The van der Waals surface area contributed by atoms with Gasteiger partial charge in [0, 0.05) is 16.6 Å². The minimum Gasteiger partial charge on any atom is -0.422 e. The van der Waals surface area contributed by atoms with Gasteiger partial charge in [0.15, 0.2) is 0 Å². The SMILES string of the molecule is O=C(Nc1ccccc1)c1ccccc1OC(=O)c1cc(-c2ccccc2)nc2ccccc12. The predicted octanol–water partition coefficient (Wildman–Crippen LogP) is 6.37. The van der Waals surface area contributed by atoms with Crippen LogP contribution in [0.2, 0.25) is 0 Å². The highest BCUT2D eigenvalue weighted by Crippen LogP contribution is 2.27. The maximum absolute atomic E-state index is 13.4. The number of esters is 1. The van der Waals surface area contributed by atoms with Crippen LogP contribution in [0.15, 0.2) is 115 Å². The molecule has 164 valence electrons. The van der Waals surface area contributed by atoms with E-state index in [0.717, 1.165) is 5.56 Å². The van der Waals surface area contributed by atoms with E-state index in [9.17, 15) is 9.59 Å². The van der Waals surface area contributed by atoms with E-state index in [1.54, 1.807) is 42.5 Å². The molecule has 5 nitrogen and oxygen atoms in total. The maximum Gasteiger partial charge on any atom is 0.344 e. The minimum atomic E-state index is -0.559. The van der Waals surface area contributed by atoms with Crippen LogP contribution in [0.4, 0.5) is 5.69 Å². The van der Waals surface area contributed by atoms with Crippen LogP contribution in [0.5, 0.6) is 5.75 Å². The number of pyridine rings is 1. The van der Waals surface area contributed by atoms with E-state index in [-0.39, 0.29) is 17.2 Å². The van der Waals surface area contributed by atoms with Crippen LogP contribution in [0.3, 0.4) is 0 Å². The van der Waals surface area contributed by atoms with Crippen LogP contribution < -0.4 is 10.1 Å². The van der Waals surface area contributed by atoms with Crippen molar-refractivity contribution in [2.45, 2.75) is 0 Å². The second kappa shape index (κ2) is 9.38. The van der Waals surface area contributed by atoms with Crippen molar-refractivity contribution in [3.63, 3.8) is 0 Å². The average molecular weight is 444 g/mol. The normalized spacial score (nSPS) is 10.6. The third-order valence-corrected chi connectivity index (χ3v) is 5.37. The fraction of sp³-hybridized carbons (Fsp3) is 0. The molecule has 5 rings (SSSR count). The molecular formula is C29H20N2O3. The number of rotatable bonds is 5. The van der Waals surface area contributed by atoms with Gasteiger partial charge < -0.3 is 10.1 Å². The topological polar surface area (TPSA) is 68.3 Å². The quantitative estimate of drug-likeness (QED) is 0.252. The fourth-order valence-corrected chi connectivity index (χ4v) is 3.72. The van der Waals surface area contributed by atoms with Crippen molar-refractivity contribution in [1.82, 2.24) is 4.98 Å². The first-order valence-electron chi connectivity index (χ1n) is 10.8. The lowest BCUT2D eigenvalue weighted by molar-refractivity contribution is 0.0735. The molecule has 0 radical (unpaired) electrons. The van der Waals surface area contributed by atoms with Gasteiger partial charge in [-0.15, -0.1) is 0 Å². The van der Waals surface area contributed by atoms with Gasteiger partial charge in [-0.05, 0) is 36.4 Å². The van der Waals surface area contributed by atoms with Crippen molar-refractivity contribution in [3.8, 4) is 17.0 Å². The molecule has 0 unspecified atom stereocenters. The number of amides is 1. The van der Waals surface area contributed by atoms with Gasteiger partial charge in [0.2, 0.25) is 0 Å². The summed E-state index contributed by atoms with van der Waals surface area (Å²) in [6.45, 7) is 0. The van der Waals surface area contributed by atoms with Crippen LogP contribution in [-0.4, -0.2) is 16.9 Å². The molecule has 0 bridgehead atoms. The number of nitrogens with one attached hydrogen (secondary N) is 1. The lowest BCUT2D eigenvalue weighted by Crippen LogP contribution is -2.16. The summed E-state index contributed by atoms with van der Waals surface area (Å²) in [6.07, 6.45) is 0. The van der Waals surface area contributed by atoms with Gasteiger partial charge in [0.1, 0.15) is 5.75 Å². The van der Waals surface area contributed by atoms with Crippen LogP contribution in [-0.2, 0) is 0 Å². The van der Waals surface area contributed by atoms with Gasteiger partial charge in [0.25, 0.3) is 5.91 Å². The number of fused-ring (bicyclic) bond motifs is 1. The Bertz CT molecular complexity index is 1480. The van der Waals surface area contributed by atoms with Gasteiger partial charge >= 0.3 is 5.97 Å². The molecule has 0 aliphatic heterocycles. The summed E-state index contributed by atoms with van der Waals surface area (Å²) in [6, 6.07) is 34.6. The summed E-state index contributed by atoms with van der Waals surface area (Å²) in [5.41, 5.74) is 3.54. The van der Waals surface area contributed by atoms with E-state index in [1.165, 1.54) is 0 Å². The molecule has 0 spiro atoms. The number of nitrogens with zero attached hydrogens (tertiary/aromatic N) is 1. The zero-order valence-electron chi connectivity index (χ0n) is 18.1. The largest absolute Gasteiger partial charge is 0.422 e. The Balaban J connectivity index is 1.50. The minimum absolute atomic E-state index is 0.183. The van der Waals surface area contributed by atoms with E-state index in [4.69, 9.17) is 9.72 Å². The van der Waals surface area contributed by atoms with Crippen molar-refractivity contribution in [2.24, 2.45) is 0 Å². The molecule has 0 aliphatic carbocycles. The Morgan fingerprint density at radius 3 is 2.12 bits per heavy atom. The molecule has 1 N–H and O–H groups in total. The molecule has 0 aliphatic rings. The number of benzene rings is 4. The number of hydrogen-bond donors (Lipinski definition) is 1. The molecule has 1 aromatic heterocycles. The monoisotopic (exact) mass is 444 g/mol. The van der Waals surface area contributed by atoms with E-state index in [0.29, 0.717) is 27.8 Å². The van der Waals surface area contributed by atoms with Crippen LogP contribution in [0, 0.1) is 0 Å². The first kappa shape index (κ1) is 21.1. The van der Waals surface area contributed by atoms with Gasteiger partial charge in [-0.1, -0.05) is 78.9 Å². The molecule has 4 aromatic carbocycles. The highest BCUT2D eigenvalue weighted by Gasteiger charge is 2.19. The molecular weight excluding hydrogens is 424 g/mol. The summed E-state index contributed by atoms with van der Waals surface area (Å²) < 4.78 is 5.76. The van der Waals surface area contributed by atoms with Crippen molar-refractivity contribution in [1.29, 1.82) is 0 Å². The Morgan fingerprint density at radius 2 is 1.32 bits per heavy atom. The van der Waals surface area contributed by atoms with Crippen LogP contribution in [0.25, 0.3) is 22.2 Å². The molecule has 1 heterocycles. The van der Waals surface area contributed by atoms with Gasteiger partial charge in [0.05, 0.1) is 22.3 Å². The highest BCUT2D eigenvalue weighted by molar-refractivity contribution is 6.08. The summed E-state index contributed by atoms with van der Waals surface area (Å²) >= 11 is 0. The Hall–Kier alpha value is -4.77. The second-order valence-corrected chi connectivity index (χ2v) is 7.64. The van der Waals surface area contributed by atoms with E-state index < -0.39 is 5.97 Å². The maximum atomic E-state index is 13.4. The molecule has 5 aromatic rings. The fourth-order valence-electron chi connectivity index (χ4n) is 3.72. The molecule has 0 saturated carbocycles. The number of para-hydroxylation sites is 3. The molecule has 5 heteroatoms. The lowest BCUT2D eigenvalue weighted by atomic mass is 10.0. The summed E-state index contributed by atoms with van der Waals surface area (Å²) in [7, 11) is 0. The summed E-state index contributed by atoms with van der Waals surface area (Å²) in [5, 5.41) is 3.51. The lowest BCUT2D eigenvalue weighted by Gasteiger charge is -2.12. The predicted molar refractivity (Wildman–Crippen MR) is 133 cm³/mol. The van der Waals surface area contributed by atoms with Gasteiger partial charge in [-0.3, -0.25) is 4.79 Å². The van der Waals surface area contributed by atoms with E-state index >= 15 is 0 Å². The number of anilines is 1. The van der Waals surface area contributed by atoms with Crippen molar-refractivity contribution < 1.29 is 14.3 Å². The first-order chi connectivity index (χ1) is 16.7. The van der Waals surface area contributed by atoms with Crippen molar-refractivity contribution in [3.05, 3.63) is 126 Å². The second-order valence-electron chi connectivity index (χ2n) is 7.64. The zero-order valence-corrected chi connectivity index (χ0v) is 18.1. The van der Waals surface area contributed by atoms with Gasteiger partial charge in [-0.2, -0.15) is 0 Å². The first-order valence-corrected chi connectivity index (χ1v) is 10.8. The molecule has 0 fully saturated rings. The average Bonchev–Trinajstić information content (AvgIpc) is 2.89. The Morgan fingerprint density at radius 1 is 0.676 bits per heavy atom. The number of carbonyl (C=O) groups is 2. The van der Waals surface area contributed by atoms with Crippen molar-refractivity contribution >= 4 is 28.5 Å². The third kappa shape index (κ3) is 4.40. The Kier molecular flexibility index (Phi) is 5.82. The molecule has 0 atom stereocenters. The zero-order chi connectivity index (χ0) is 23.3. The number of ether oxygens (including phenoxy) is 1. The molecule has 1 amide bonds. The number of carbonyl (C=O) groups excluding carboxylic acids is 2.